The Hall–Kier alpha value is -1.65. The van der Waals surface area contributed by atoms with Crippen LogP contribution in [0.4, 0.5) is 0 Å². The summed E-state index contributed by atoms with van der Waals surface area (Å²) in [7, 11) is -3.48. The van der Waals surface area contributed by atoms with Gasteiger partial charge in [-0.15, -0.1) is 13.2 Å². The highest BCUT2D eigenvalue weighted by atomic mass is 32.2. The van der Waals surface area contributed by atoms with E-state index in [9.17, 15) is 8.42 Å². The molecular weight excluding hydrogens is 270 g/mol. The van der Waals surface area contributed by atoms with Crippen LogP contribution in [0.15, 0.2) is 61.0 Å². The number of rotatable bonds is 9. The van der Waals surface area contributed by atoms with Crippen molar-refractivity contribution in [1.82, 2.24) is 4.31 Å². The first-order valence-electron chi connectivity index (χ1n) is 6.50. The molecule has 0 aliphatic heterocycles. The molecule has 0 amide bonds. The number of unbranched alkanes of at least 4 members (excludes halogenated alkanes) is 1. The highest BCUT2D eigenvalue weighted by molar-refractivity contribution is 7.89. The summed E-state index contributed by atoms with van der Waals surface area (Å²) in [6.45, 7) is 11.7. The van der Waals surface area contributed by atoms with Crippen LogP contribution in [-0.2, 0) is 10.0 Å². The van der Waals surface area contributed by atoms with Crippen molar-refractivity contribution < 1.29 is 8.42 Å². The summed E-state index contributed by atoms with van der Waals surface area (Å²) >= 11 is 0. The molecule has 0 N–H and O–H groups in total. The lowest BCUT2D eigenvalue weighted by molar-refractivity contribution is 0.436. The van der Waals surface area contributed by atoms with E-state index in [-0.39, 0.29) is 0 Å². The second-order valence-corrected chi connectivity index (χ2v) is 6.29. The van der Waals surface area contributed by atoms with Crippen molar-refractivity contribution in [1.29, 1.82) is 0 Å². The summed E-state index contributed by atoms with van der Waals surface area (Å²) in [5, 5.41) is 0. The zero-order valence-corrected chi connectivity index (χ0v) is 12.5. The summed E-state index contributed by atoms with van der Waals surface area (Å²) in [5.74, 6) is 0. The van der Waals surface area contributed by atoms with Gasteiger partial charge in [-0.3, -0.25) is 0 Å². The maximum Gasteiger partial charge on any atom is 0.243 e. The lowest BCUT2D eigenvalue weighted by Crippen LogP contribution is -2.32. The van der Waals surface area contributed by atoms with Crippen LogP contribution in [0.5, 0.6) is 0 Å². The fourth-order valence-electron chi connectivity index (χ4n) is 1.79. The van der Waals surface area contributed by atoms with E-state index in [1.807, 2.05) is 0 Å². The third-order valence-electron chi connectivity index (χ3n) is 2.90. The molecule has 0 bridgehead atoms. The molecule has 20 heavy (non-hydrogen) atoms. The van der Waals surface area contributed by atoms with Gasteiger partial charge in [0, 0.05) is 13.1 Å². The van der Waals surface area contributed by atoms with Crippen molar-refractivity contribution in [2.45, 2.75) is 17.7 Å². The van der Waals surface area contributed by atoms with Crippen LogP contribution in [0.3, 0.4) is 0 Å². The van der Waals surface area contributed by atoms with Gasteiger partial charge < -0.3 is 0 Å². The SMILES string of the molecule is C=CCCCN(CC=C)S(=O)(=O)c1ccc(C=C)cc1. The highest BCUT2D eigenvalue weighted by Crippen LogP contribution is 2.17. The minimum absolute atomic E-state index is 0.295. The van der Waals surface area contributed by atoms with Gasteiger partial charge in [-0.25, -0.2) is 8.42 Å². The second kappa shape index (κ2) is 7.82. The van der Waals surface area contributed by atoms with E-state index in [0.717, 1.165) is 18.4 Å². The number of nitrogens with zero attached hydrogens (tertiary/aromatic N) is 1. The normalized spacial score (nSPS) is 11.2. The minimum Gasteiger partial charge on any atom is -0.207 e. The quantitative estimate of drug-likeness (QED) is 0.516. The third kappa shape index (κ3) is 4.18. The van der Waals surface area contributed by atoms with Gasteiger partial charge in [-0.2, -0.15) is 4.31 Å². The third-order valence-corrected chi connectivity index (χ3v) is 4.78. The molecule has 1 aromatic rings. The molecule has 0 atom stereocenters. The van der Waals surface area contributed by atoms with E-state index in [4.69, 9.17) is 0 Å². The van der Waals surface area contributed by atoms with E-state index in [0.29, 0.717) is 18.0 Å². The molecule has 0 aliphatic carbocycles. The Morgan fingerprint density at radius 3 is 2.20 bits per heavy atom. The number of sulfonamides is 1. The summed E-state index contributed by atoms with van der Waals surface area (Å²) in [5.41, 5.74) is 0.894. The fraction of sp³-hybridized carbons (Fsp3) is 0.250. The largest absolute Gasteiger partial charge is 0.243 e. The summed E-state index contributed by atoms with van der Waals surface area (Å²) in [6.07, 6.45) is 6.61. The van der Waals surface area contributed by atoms with Crippen molar-refractivity contribution in [3.8, 4) is 0 Å². The van der Waals surface area contributed by atoms with Crippen molar-refractivity contribution in [3.05, 3.63) is 61.7 Å². The average Bonchev–Trinajstić information content (AvgIpc) is 2.46. The first kappa shape index (κ1) is 16.4. The summed E-state index contributed by atoms with van der Waals surface area (Å²) < 4.78 is 26.5. The van der Waals surface area contributed by atoms with Gasteiger partial charge in [-0.1, -0.05) is 36.9 Å². The van der Waals surface area contributed by atoms with Crippen molar-refractivity contribution in [2.24, 2.45) is 0 Å². The van der Waals surface area contributed by atoms with Crippen LogP contribution < -0.4 is 0 Å². The molecule has 0 heterocycles. The zero-order valence-electron chi connectivity index (χ0n) is 11.7. The predicted octanol–water partition coefficient (Wildman–Crippen LogP) is 3.47. The van der Waals surface area contributed by atoms with E-state index in [2.05, 4.69) is 19.7 Å². The topological polar surface area (TPSA) is 37.4 Å². The molecule has 4 heteroatoms. The zero-order chi connectivity index (χ0) is 15.0. The standard InChI is InChI=1S/C16H21NO2S/c1-4-7-8-14-17(13-5-2)20(18,19)16-11-9-15(6-3)10-12-16/h4-6,9-12H,1-3,7-8,13-14H2. The highest BCUT2D eigenvalue weighted by Gasteiger charge is 2.22. The molecule has 0 aliphatic rings. The van der Waals surface area contributed by atoms with Crippen molar-refractivity contribution in [2.75, 3.05) is 13.1 Å². The lowest BCUT2D eigenvalue weighted by Gasteiger charge is -2.20. The van der Waals surface area contributed by atoms with Gasteiger partial charge in [0.05, 0.1) is 4.90 Å². The van der Waals surface area contributed by atoms with Crippen LogP contribution in [0.1, 0.15) is 18.4 Å². The van der Waals surface area contributed by atoms with Crippen molar-refractivity contribution >= 4 is 16.1 Å². The van der Waals surface area contributed by atoms with Gasteiger partial charge in [0.2, 0.25) is 10.0 Å². The molecule has 3 nitrogen and oxygen atoms in total. The number of benzene rings is 1. The molecule has 0 unspecified atom stereocenters. The van der Waals surface area contributed by atoms with E-state index in [1.54, 1.807) is 42.5 Å². The first-order valence-corrected chi connectivity index (χ1v) is 7.94. The van der Waals surface area contributed by atoms with Crippen molar-refractivity contribution in [3.63, 3.8) is 0 Å². The van der Waals surface area contributed by atoms with Gasteiger partial charge >= 0.3 is 0 Å². The van der Waals surface area contributed by atoms with Crippen LogP contribution in [-0.4, -0.2) is 25.8 Å². The molecule has 108 valence electrons. The van der Waals surface area contributed by atoms with Gasteiger partial charge in [0.1, 0.15) is 0 Å². The minimum atomic E-state index is -3.48. The smallest absolute Gasteiger partial charge is 0.207 e. The van der Waals surface area contributed by atoms with Gasteiger partial charge in [0.25, 0.3) is 0 Å². The number of hydrogen-bond acceptors (Lipinski definition) is 2. The average molecular weight is 291 g/mol. The fourth-order valence-corrected chi connectivity index (χ4v) is 3.24. The number of allylic oxidation sites excluding steroid dienone is 1. The molecule has 0 aromatic heterocycles. The van der Waals surface area contributed by atoms with Crippen LogP contribution in [0, 0.1) is 0 Å². The number of hydrogen-bond donors (Lipinski definition) is 0. The van der Waals surface area contributed by atoms with E-state index >= 15 is 0 Å². The van der Waals surface area contributed by atoms with E-state index < -0.39 is 10.0 Å². The second-order valence-electron chi connectivity index (χ2n) is 4.36. The Balaban J connectivity index is 2.97. The predicted molar refractivity (Wildman–Crippen MR) is 84.9 cm³/mol. The molecule has 0 radical (unpaired) electrons. The maximum atomic E-state index is 12.5. The Labute approximate surface area is 122 Å². The summed E-state index contributed by atoms with van der Waals surface area (Å²) in [6, 6.07) is 6.71. The van der Waals surface area contributed by atoms with E-state index in [1.165, 1.54) is 4.31 Å². The monoisotopic (exact) mass is 291 g/mol. The molecule has 0 spiro atoms. The molecule has 0 fully saturated rings. The molecule has 1 rings (SSSR count). The maximum absolute atomic E-state index is 12.5. The van der Waals surface area contributed by atoms with Crippen LogP contribution in [0.2, 0.25) is 0 Å². The van der Waals surface area contributed by atoms with Crippen LogP contribution >= 0.6 is 0 Å². The van der Waals surface area contributed by atoms with Gasteiger partial charge in [-0.05, 0) is 30.5 Å². The van der Waals surface area contributed by atoms with Gasteiger partial charge in [0.15, 0.2) is 0 Å². The molecule has 0 saturated carbocycles. The van der Waals surface area contributed by atoms with Crippen LogP contribution in [0.25, 0.3) is 6.08 Å². The Kier molecular flexibility index (Phi) is 6.42. The summed E-state index contributed by atoms with van der Waals surface area (Å²) in [4.78, 5) is 0.295. The lowest BCUT2D eigenvalue weighted by atomic mass is 10.2. The molecule has 1 aromatic carbocycles. The Morgan fingerprint density at radius 1 is 1.05 bits per heavy atom. The molecular formula is C16H21NO2S. The Morgan fingerprint density at radius 2 is 1.70 bits per heavy atom. The molecule has 0 saturated heterocycles. The first-order chi connectivity index (χ1) is 9.56. The Bertz CT molecular complexity index is 559.